The third kappa shape index (κ3) is 3.55. The number of aromatic nitrogens is 1. The molecule has 1 unspecified atom stereocenters. The zero-order valence-electron chi connectivity index (χ0n) is 12.1. The molecule has 0 fully saturated rings. The third-order valence-corrected chi connectivity index (χ3v) is 3.21. The fourth-order valence-electron chi connectivity index (χ4n) is 2.21. The van der Waals surface area contributed by atoms with Crippen molar-refractivity contribution in [1.82, 2.24) is 10.3 Å². The van der Waals surface area contributed by atoms with E-state index in [1.807, 2.05) is 6.92 Å². The van der Waals surface area contributed by atoms with Gasteiger partial charge in [-0.25, -0.2) is 8.78 Å². The van der Waals surface area contributed by atoms with Gasteiger partial charge in [-0.1, -0.05) is 6.92 Å². The van der Waals surface area contributed by atoms with Crippen LogP contribution in [0.2, 0.25) is 0 Å². The summed E-state index contributed by atoms with van der Waals surface area (Å²) < 4.78 is 32.9. The standard InChI is InChI=1S/C16H18F2N2O/c1-3-7-20-16(12-6-8-19-10-15(12)21-2)13-9-11(17)4-5-14(13)18/h4-6,8-10,16,20H,3,7H2,1-2H3. The van der Waals surface area contributed by atoms with Crippen LogP contribution in [0.25, 0.3) is 0 Å². The Kier molecular flexibility index (Phi) is 5.22. The Hall–Kier alpha value is -2.01. The Balaban J connectivity index is 2.49. The molecule has 0 saturated heterocycles. The number of ether oxygens (including phenoxy) is 1. The minimum absolute atomic E-state index is 0.257. The second-order valence-electron chi connectivity index (χ2n) is 4.67. The van der Waals surface area contributed by atoms with Gasteiger partial charge in [0.15, 0.2) is 0 Å². The van der Waals surface area contributed by atoms with E-state index < -0.39 is 17.7 Å². The summed E-state index contributed by atoms with van der Waals surface area (Å²) in [6.07, 6.45) is 4.05. The summed E-state index contributed by atoms with van der Waals surface area (Å²) in [5.41, 5.74) is 0.985. The number of hydrogen-bond donors (Lipinski definition) is 1. The van der Waals surface area contributed by atoms with Crippen LogP contribution in [0.15, 0.2) is 36.7 Å². The van der Waals surface area contributed by atoms with Crippen LogP contribution < -0.4 is 10.1 Å². The summed E-state index contributed by atoms with van der Waals surface area (Å²) in [5.74, 6) is -0.388. The number of methoxy groups -OCH3 is 1. The van der Waals surface area contributed by atoms with Gasteiger partial charge in [0.1, 0.15) is 17.4 Å². The normalized spacial score (nSPS) is 12.2. The molecule has 0 spiro atoms. The van der Waals surface area contributed by atoms with E-state index in [-0.39, 0.29) is 5.56 Å². The van der Waals surface area contributed by atoms with E-state index in [1.54, 1.807) is 18.5 Å². The van der Waals surface area contributed by atoms with Crippen LogP contribution in [0, 0.1) is 11.6 Å². The van der Waals surface area contributed by atoms with E-state index in [1.165, 1.54) is 13.2 Å². The molecule has 0 aliphatic rings. The lowest BCUT2D eigenvalue weighted by molar-refractivity contribution is 0.400. The summed E-state index contributed by atoms with van der Waals surface area (Å²) >= 11 is 0. The van der Waals surface area contributed by atoms with Crippen molar-refractivity contribution in [2.45, 2.75) is 19.4 Å². The molecule has 0 aliphatic heterocycles. The highest BCUT2D eigenvalue weighted by Gasteiger charge is 2.21. The Bertz CT molecular complexity index is 605. The van der Waals surface area contributed by atoms with Crippen molar-refractivity contribution in [3.05, 3.63) is 59.4 Å². The topological polar surface area (TPSA) is 34.2 Å². The number of halogens is 2. The first kappa shape index (κ1) is 15.4. The van der Waals surface area contributed by atoms with Gasteiger partial charge in [0, 0.05) is 17.3 Å². The lowest BCUT2D eigenvalue weighted by atomic mass is 9.98. The molecule has 1 aromatic carbocycles. The van der Waals surface area contributed by atoms with Gasteiger partial charge in [-0.15, -0.1) is 0 Å². The van der Waals surface area contributed by atoms with Crippen molar-refractivity contribution in [3.8, 4) is 5.75 Å². The Morgan fingerprint density at radius 3 is 2.76 bits per heavy atom. The van der Waals surface area contributed by atoms with Crippen LogP contribution in [0.3, 0.4) is 0 Å². The second kappa shape index (κ2) is 7.13. The zero-order chi connectivity index (χ0) is 15.2. The molecule has 0 amide bonds. The molecule has 1 heterocycles. The van der Waals surface area contributed by atoms with Crippen LogP contribution in [0.1, 0.15) is 30.5 Å². The number of rotatable bonds is 6. The van der Waals surface area contributed by atoms with Crippen LogP contribution in [0.4, 0.5) is 8.78 Å². The van der Waals surface area contributed by atoms with E-state index in [0.717, 1.165) is 24.1 Å². The van der Waals surface area contributed by atoms with Crippen LogP contribution in [-0.4, -0.2) is 18.6 Å². The first-order valence-electron chi connectivity index (χ1n) is 6.83. The molecule has 1 aromatic heterocycles. The predicted molar refractivity (Wildman–Crippen MR) is 77.3 cm³/mol. The van der Waals surface area contributed by atoms with Gasteiger partial charge < -0.3 is 10.1 Å². The second-order valence-corrected chi connectivity index (χ2v) is 4.67. The highest BCUT2D eigenvalue weighted by atomic mass is 19.1. The van der Waals surface area contributed by atoms with Crippen molar-refractivity contribution >= 4 is 0 Å². The van der Waals surface area contributed by atoms with Gasteiger partial charge in [0.05, 0.1) is 19.3 Å². The first-order valence-corrected chi connectivity index (χ1v) is 6.83. The van der Waals surface area contributed by atoms with Gasteiger partial charge in [-0.05, 0) is 37.2 Å². The molecule has 0 bridgehead atoms. The van der Waals surface area contributed by atoms with Crippen molar-refractivity contribution in [1.29, 1.82) is 0 Å². The van der Waals surface area contributed by atoms with Crippen LogP contribution in [-0.2, 0) is 0 Å². The van der Waals surface area contributed by atoms with Gasteiger partial charge in [-0.3, -0.25) is 4.98 Å². The molecule has 21 heavy (non-hydrogen) atoms. The molecular formula is C16H18F2N2O. The Morgan fingerprint density at radius 2 is 2.05 bits per heavy atom. The number of pyridine rings is 1. The summed E-state index contributed by atoms with van der Waals surface area (Å²) in [7, 11) is 1.53. The molecule has 0 saturated carbocycles. The summed E-state index contributed by atoms with van der Waals surface area (Å²) in [4.78, 5) is 3.99. The summed E-state index contributed by atoms with van der Waals surface area (Å²) in [6.45, 7) is 2.68. The van der Waals surface area contributed by atoms with E-state index in [4.69, 9.17) is 4.74 Å². The number of nitrogens with zero attached hydrogens (tertiary/aromatic N) is 1. The number of benzene rings is 1. The van der Waals surface area contributed by atoms with Crippen molar-refractivity contribution in [2.75, 3.05) is 13.7 Å². The third-order valence-electron chi connectivity index (χ3n) is 3.21. The fraction of sp³-hybridized carbons (Fsp3) is 0.312. The maximum Gasteiger partial charge on any atom is 0.142 e. The predicted octanol–water partition coefficient (Wildman–Crippen LogP) is 3.46. The minimum atomic E-state index is -0.487. The minimum Gasteiger partial charge on any atom is -0.495 e. The van der Waals surface area contributed by atoms with Crippen LogP contribution >= 0.6 is 0 Å². The molecular weight excluding hydrogens is 274 g/mol. The first-order chi connectivity index (χ1) is 10.2. The summed E-state index contributed by atoms with van der Waals surface area (Å²) in [5, 5.41) is 3.23. The summed E-state index contributed by atoms with van der Waals surface area (Å²) in [6, 6.07) is 4.72. The van der Waals surface area contributed by atoms with E-state index in [2.05, 4.69) is 10.3 Å². The van der Waals surface area contributed by atoms with Gasteiger partial charge in [0.2, 0.25) is 0 Å². The molecule has 1 N–H and O–H groups in total. The quantitative estimate of drug-likeness (QED) is 0.885. The monoisotopic (exact) mass is 292 g/mol. The van der Waals surface area contributed by atoms with E-state index in [9.17, 15) is 8.78 Å². The highest BCUT2D eigenvalue weighted by Crippen LogP contribution is 2.31. The van der Waals surface area contributed by atoms with E-state index >= 15 is 0 Å². The van der Waals surface area contributed by atoms with E-state index in [0.29, 0.717) is 12.3 Å². The molecule has 112 valence electrons. The maximum absolute atomic E-state index is 14.1. The fourth-order valence-corrected chi connectivity index (χ4v) is 2.21. The molecule has 1 atom stereocenters. The average Bonchev–Trinajstić information content (AvgIpc) is 2.51. The lowest BCUT2D eigenvalue weighted by Gasteiger charge is -2.22. The van der Waals surface area contributed by atoms with Gasteiger partial charge >= 0.3 is 0 Å². The molecule has 2 aromatic rings. The molecule has 2 rings (SSSR count). The molecule has 0 aliphatic carbocycles. The smallest absolute Gasteiger partial charge is 0.142 e. The largest absolute Gasteiger partial charge is 0.495 e. The van der Waals surface area contributed by atoms with Crippen molar-refractivity contribution in [2.24, 2.45) is 0 Å². The Morgan fingerprint density at radius 1 is 1.24 bits per heavy atom. The van der Waals surface area contributed by atoms with Crippen molar-refractivity contribution < 1.29 is 13.5 Å². The number of nitrogens with one attached hydrogen (secondary N) is 1. The van der Waals surface area contributed by atoms with Crippen LogP contribution in [0.5, 0.6) is 5.75 Å². The molecule has 5 heteroatoms. The molecule has 3 nitrogen and oxygen atoms in total. The zero-order valence-corrected chi connectivity index (χ0v) is 12.1. The Labute approximate surface area is 123 Å². The average molecular weight is 292 g/mol. The molecule has 0 radical (unpaired) electrons. The SMILES string of the molecule is CCCNC(c1cc(F)ccc1F)c1ccncc1OC. The van der Waals surface area contributed by atoms with Gasteiger partial charge in [-0.2, -0.15) is 0 Å². The maximum atomic E-state index is 14.1. The highest BCUT2D eigenvalue weighted by molar-refractivity contribution is 5.40. The van der Waals surface area contributed by atoms with Crippen molar-refractivity contribution in [3.63, 3.8) is 0 Å². The van der Waals surface area contributed by atoms with Gasteiger partial charge in [0.25, 0.3) is 0 Å². The number of hydrogen-bond acceptors (Lipinski definition) is 3. The lowest BCUT2D eigenvalue weighted by Crippen LogP contribution is -2.24.